The van der Waals surface area contributed by atoms with Crippen LogP contribution in [0.5, 0.6) is 11.5 Å². The lowest BCUT2D eigenvalue weighted by atomic mass is 10.1. The second-order valence-corrected chi connectivity index (χ2v) is 6.52. The summed E-state index contributed by atoms with van der Waals surface area (Å²) >= 11 is 6.22. The van der Waals surface area contributed by atoms with Crippen molar-refractivity contribution >= 4 is 17.5 Å². The van der Waals surface area contributed by atoms with Crippen molar-refractivity contribution < 1.29 is 14.3 Å². The van der Waals surface area contributed by atoms with Crippen molar-refractivity contribution in [3.8, 4) is 11.5 Å². The number of ether oxygens (including phenoxy) is 2. The Morgan fingerprint density at radius 3 is 2.42 bits per heavy atom. The average Bonchev–Trinajstić information content (AvgIpc) is 2.68. The van der Waals surface area contributed by atoms with E-state index in [0.717, 1.165) is 19.6 Å². The molecule has 2 aromatic rings. The number of amides is 1. The van der Waals surface area contributed by atoms with Crippen LogP contribution in [0.1, 0.15) is 15.9 Å². The minimum absolute atomic E-state index is 0.0450. The third-order valence-electron chi connectivity index (χ3n) is 4.50. The van der Waals surface area contributed by atoms with Crippen molar-refractivity contribution in [2.45, 2.75) is 6.54 Å². The molecule has 1 aromatic carbocycles. The fourth-order valence-electron chi connectivity index (χ4n) is 3.08. The van der Waals surface area contributed by atoms with Crippen LogP contribution in [0.4, 0.5) is 0 Å². The maximum Gasteiger partial charge on any atom is 0.254 e. The Morgan fingerprint density at radius 1 is 1.12 bits per heavy atom. The van der Waals surface area contributed by atoms with Crippen LogP contribution in [-0.2, 0) is 6.54 Å². The maximum absolute atomic E-state index is 12.8. The van der Waals surface area contributed by atoms with Gasteiger partial charge in [-0.1, -0.05) is 11.6 Å². The zero-order chi connectivity index (χ0) is 18.5. The van der Waals surface area contributed by atoms with Gasteiger partial charge in [0.1, 0.15) is 0 Å². The van der Waals surface area contributed by atoms with Crippen molar-refractivity contribution in [2.24, 2.45) is 0 Å². The molecule has 1 saturated heterocycles. The summed E-state index contributed by atoms with van der Waals surface area (Å²) in [5.41, 5.74) is 1.74. The molecule has 138 valence electrons. The van der Waals surface area contributed by atoms with Gasteiger partial charge in [-0.3, -0.25) is 14.7 Å². The number of carbonyl (C=O) groups is 1. The molecule has 3 rings (SSSR count). The molecule has 0 bridgehead atoms. The van der Waals surface area contributed by atoms with E-state index >= 15 is 0 Å². The van der Waals surface area contributed by atoms with E-state index in [0.29, 0.717) is 35.2 Å². The van der Waals surface area contributed by atoms with Crippen molar-refractivity contribution in [1.29, 1.82) is 0 Å². The number of methoxy groups -OCH3 is 2. The Balaban J connectivity index is 1.64. The van der Waals surface area contributed by atoms with Gasteiger partial charge in [-0.2, -0.15) is 0 Å². The quantitative estimate of drug-likeness (QED) is 0.804. The molecule has 0 saturated carbocycles. The number of hydrogen-bond acceptors (Lipinski definition) is 5. The van der Waals surface area contributed by atoms with Crippen LogP contribution in [0.3, 0.4) is 0 Å². The molecule has 1 fully saturated rings. The van der Waals surface area contributed by atoms with Crippen LogP contribution in [0, 0.1) is 0 Å². The van der Waals surface area contributed by atoms with Gasteiger partial charge in [0.2, 0.25) is 0 Å². The first-order valence-corrected chi connectivity index (χ1v) is 8.82. The van der Waals surface area contributed by atoms with Gasteiger partial charge >= 0.3 is 0 Å². The van der Waals surface area contributed by atoms with Gasteiger partial charge in [-0.25, -0.2) is 0 Å². The number of aromatic nitrogens is 1. The number of nitrogens with zero attached hydrogens (tertiary/aromatic N) is 3. The van der Waals surface area contributed by atoms with Crippen LogP contribution in [0.2, 0.25) is 5.02 Å². The van der Waals surface area contributed by atoms with Gasteiger partial charge in [0.05, 0.1) is 19.2 Å². The van der Waals surface area contributed by atoms with Crippen molar-refractivity contribution in [3.63, 3.8) is 0 Å². The zero-order valence-corrected chi connectivity index (χ0v) is 15.7. The molecule has 26 heavy (non-hydrogen) atoms. The molecule has 0 atom stereocenters. The largest absolute Gasteiger partial charge is 0.493 e. The van der Waals surface area contributed by atoms with Crippen LogP contribution in [-0.4, -0.2) is 61.1 Å². The highest BCUT2D eigenvalue weighted by atomic mass is 35.5. The number of hydrogen-bond donors (Lipinski definition) is 0. The van der Waals surface area contributed by atoms with Crippen LogP contribution < -0.4 is 9.47 Å². The van der Waals surface area contributed by atoms with Crippen molar-refractivity contribution in [3.05, 3.63) is 52.8 Å². The van der Waals surface area contributed by atoms with E-state index in [1.165, 1.54) is 19.8 Å². The lowest BCUT2D eigenvalue weighted by molar-refractivity contribution is 0.0628. The van der Waals surface area contributed by atoms with E-state index in [1.54, 1.807) is 24.5 Å². The van der Waals surface area contributed by atoms with E-state index in [9.17, 15) is 4.79 Å². The van der Waals surface area contributed by atoms with Gasteiger partial charge in [-0.05, 0) is 29.8 Å². The predicted molar refractivity (Wildman–Crippen MR) is 100.0 cm³/mol. The molecular weight excluding hydrogens is 354 g/mol. The molecule has 0 radical (unpaired) electrons. The molecule has 1 aromatic heterocycles. The topological polar surface area (TPSA) is 54.9 Å². The minimum Gasteiger partial charge on any atom is -0.493 e. The number of pyridine rings is 1. The average molecular weight is 376 g/mol. The van der Waals surface area contributed by atoms with Crippen molar-refractivity contribution in [2.75, 3.05) is 40.4 Å². The van der Waals surface area contributed by atoms with E-state index in [2.05, 4.69) is 9.88 Å². The van der Waals surface area contributed by atoms with E-state index < -0.39 is 0 Å². The Kier molecular flexibility index (Phi) is 5.96. The van der Waals surface area contributed by atoms with Crippen LogP contribution in [0.25, 0.3) is 0 Å². The SMILES string of the molecule is COc1cc(C(=O)N2CCN(Cc3ccncc3)CC2)cc(Cl)c1OC. The number of halogens is 1. The highest BCUT2D eigenvalue weighted by Crippen LogP contribution is 2.36. The van der Waals surface area contributed by atoms with Gasteiger partial charge < -0.3 is 14.4 Å². The van der Waals surface area contributed by atoms with Crippen LogP contribution in [0.15, 0.2) is 36.7 Å². The first-order chi connectivity index (χ1) is 12.6. The van der Waals surface area contributed by atoms with Gasteiger partial charge in [-0.15, -0.1) is 0 Å². The zero-order valence-electron chi connectivity index (χ0n) is 14.9. The summed E-state index contributed by atoms with van der Waals surface area (Å²) in [6.45, 7) is 3.88. The molecule has 1 aliphatic heterocycles. The summed E-state index contributed by atoms with van der Waals surface area (Å²) in [7, 11) is 3.05. The molecule has 1 aliphatic rings. The van der Waals surface area contributed by atoms with E-state index in [1.807, 2.05) is 17.0 Å². The van der Waals surface area contributed by atoms with Crippen LogP contribution >= 0.6 is 11.6 Å². The molecule has 0 unspecified atom stereocenters. The lowest BCUT2D eigenvalue weighted by Gasteiger charge is -2.34. The molecule has 6 nitrogen and oxygen atoms in total. The number of rotatable bonds is 5. The molecule has 1 amide bonds. The fraction of sp³-hybridized carbons (Fsp3) is 0.368. The third kappa shape index (κ3) is 4.08. The highest BCUT2D eigenvalue weighted by molar-refractivity contribution is 6.32. The first-order valence-electron chi connectivity index (χ1n) is 8.44. The minimum atomic E-state index is -0.0450. The second-order valence-electron chi connectivity index (χ2n) is 6.12. The molecule has 0 aliphatic carbocycles. The lowest BCUT2D eigenvalue weighted by Crippen LogP contribution is -2.48. The smallest absolute Gasteiger partial charge is 0.254 e. The van der Waals surface area contributed by atoms with Gasteiger partial charge in [0, 0.05) is 50.7 Å². The Morgan fingerprint density at radius 2 is 1.81 bits per heavy atom. The predicted octanol–water partition coefficient (Wildman–Crippen LogP) is 2.71. The number of benzene rings is 1. The summed E-state index contributed by atoms with van der Waals surface area (Å²) in [6, 6.07) is 7.34. The molecule has 0 N–H and O–H groups in total. The van der Waals surface area contributed by atoms with E-state index in [-0.39, 0.29) is 5.91 Å². The molecular formula is C19H22ClN3O3. The Bertz CT molecular complexity index is 762. The number of piperazine rings is 1. The maximum atomic E-state index is 12.8. The van der Waals surface area contributed by atoms with Gasteiger partial charge in [0.15, 0.2) is 11.5 Å². The fourth-order valence-corrected chi connectivity index (χ4v) is 3.37. The third-order valence-corrected chi connectivity index (χ3v) is 4.78. The van der Waals surface area contributed by atoms with Crippen molar-refractivity contribution in [1.82, 2.24) is 14.8 Å². The molecule has 0 spiro atoms. The highest BCUT2D eigenvalue weighted by Gasteiger charge is 2.24. The summed E-state index contributed by atoms with van der Waals surface area (Å²) in [4.78, 5) is 21.1. The summed E-state index contributed by atoms with van der Waals surface area (Å²) < 4.78 is 10.5. The number of carbonyl (C=O) groups excluding carboxylic acids is 1. The van der Waals surface area contributed by atoms with E-state index in [4.69, 9.17) is 21.1 Å². The standard InChI is InChI=1S/C19H22ClN3O3/c1-25-17-12-15(11-16(20)18(17)26-2)19(24)23-9-7-22(8-10-23)13-14-3-5-21-6-4-14/h3-6,11-12H,7-10,13H2,1-2H3. The Hall–Kier alpha value is -2.31. The van der Waals surface area contributed by atoms with Gasteiger partial charge in [0.25, 0.3) is 5.91 Å². The normalized spacial score (nSPS) is 15.0. The summed E-state index contributed by atoms with van der Waals surface area (Å²) in [5.74, 6) is 0.851. The summed E-state index contributed by atoms with van der Waals surface area (Å²) in [5, 5.41) is 0.367. The monoisotopic (exact) mass is 375 g/mol. The summed E-state index contributed by atoms with van der Waals surface area (Å²) in [6.07, 6.45) is 3.60. The Labute approximate surface area is 158 Å². The molecule has 2 heterocycles. The second kappa shape index (κ2) is 8.38. The molecule has 7 heteroatoms. The first kappa shape index (κ1) is 18.5.